The number of hydrogen-bond donors (Lipinski definition) is 2. The van der Waals surface area contributed by atoms with E-state index in [1.165, 1.54) is 29.9 Å². The Morgan fingerprint density at radius 3 is 2.68 bits per heavy atom. The number of carbonyl (C=O) groups excluding carboxylic acids is 1. The van der Waals surface area contributed by atoms with Gasteiger partial charge >= 0.3 is 6.18 Å². The van der Waals surface area contributed by atoms with Crippen LogP contribution in [0.5, 0.6) is 5.88 Å². The molecule has 0 aliphatic rings. The molecule has 0 radical (unpaired) electrons. The molecule has 3 aromatic rings. The number of pyridine rings is 1. The standard InChI is InChI=1S/C23H24F3N5O2S/c1-13(2)8-5-6-10-27-20(32)18-14(3)17-19(29-12-30-22(17)34-18)31-16-9-7-11-28-21(16)33-15(4)23(24,25)26/h7,9,11-13,15H,8,10H2,1-4H3,(H,27,32)(H,29,30,31). The Labute approximate surface area is 199 Å². The summed E-state index contributed by atoms with van der Waals surface area (Å²) < 4.78 is 43.9. The molecule has 1 unspecified atom stereocenters. The molecule has 0 aromatic carbocycles. The molecule has 0 saturated carbocycles. The van der Waals surface area contributed by atoms with Crippen LogP contribution in [0.2, 0.25) is 0 Å². The molecule has 7 nitrogen and oxygen atoms in total. The number of fused-ring (bicyclic) bond motifs is 1. The number of alkyl halides is 3. The number of aromatic nitrogens is 3. The van der Waals surface area contributed by atoms with Gasteiger partial charge in [0.2, 0.25) is 5.88 Å². The fourth-order valence-corrected chi connectivity index (χ4v) is 3.93. The molecule has 3 aromatic heterocycles. The Bertz CT molecular complexity index is 1230. The van der Waals surface area contributed by atoms with Crippen LogP contribution >= 0.6 is 11.3 Å². The molecule has 0 bridgehead atoms. The minimum absolute atomic E-state index is 0.204. The third kappa shape index (κ3) is 6.14. The smallest absolute Gasteiger partial charge is 0.425 e. The average Bonchev–Trinajstić information content (AvgIpc) is 3.11. The first-order valence-corrected chi connectivity index (χ1v) is 11.3. The van der Waals surface area contributed by atoms with Crippen molar-refractivity contribution in [2.75, 3.05) is 11.9 Å². The third-order valence-corrected chi connectivity index (χ3v) is 5.88. The molecule has 11 heteroatoms. The van der Waals surface area contributed by atoms with Crippen molar-refractivity contribution in [1.29, 1.82) is 0 Å². The Kier molecular flexibility index (Phi) is 7.94. The number of nitrogens with zero attached hydrogens (tertiary/aromatic N) is 3. The maximum atomic E-state index is 13.0. The van der Waals surface area contributed by atoms with Crippen LogP contribution < -0.4 is 15.4 Å². The predicted molar refractivity (Wildman–Crippen MR) is 125 cm³/mol. The molecule has 0 aliphatic carbocycles. The fraction of sp³-hybridized carbons (Fsp3) is 0.391. The third-order valence-electron chi connectivity index (χ3n) is 4.68. The summed E-state index contributed by atoms with van der Waals surface area (Å²) in [7, 11) is 0. The molecule has 2 N–H and O–H groups in total. The molecular formula is C23H24F3N5O2S. The van der Waals surface area contributed by atoms with Gasteiger partial charge in [-0.3, -0.25) is 4.79 Å². The first-order chi connectivity index (χ1) is 16.1. The van der Waals surface area contributed by atoms with E-state index in [0.717, 1.165) is 13.3 Å². The van der Waals surface area contributed by atoms with Gasteiger partial charge in [0.25, 0.3) is 5.91 Å². The van der Waals surface area contributed by atoms with Crippen LogP contribution in [-0.2, 0) is 0 Å². The van der Waals surface area contributed by atoms with Crippen molar-refractivity contribution in [2.24, 2.45) is 5.92 Å². The van der Waals surface area contributed by atoms with Crippen LogP contribution in [0, 0.1) is 24.7 Å². The fourth-order valence-electron chi connectivity index (χ4n) is 2.87. The van der Waals surface area contributed by atoms with Crippen molar-refractivity contribution in [3.05, 3.63) is 35.1 Å². The van der Waals surface area contributed by atoms with E-state index >= 15 is 0 Å². The first kappa shape index (κ1) is 25.2. The lowest BCUT2D eigenvalue weighted by molar-refractivity contribution is -0.189. The topological polar surface area (TPSA) is 89.0 Å². The summed E-state index contributed by atoms with van der Waals surface area (Å²) in [6, 6.07) is 3.09. The number of halogens is 3. The van der Waals surface area contributed by atoms with Crippen LogP contribution in [0.1, 0.15) is 42.4 Å². The number of amides is 1. The lowest BCUT2D eigenvalue weighted by Gasteiger charge is -2.19. The molecule has 180 valence electrons. The zero-order valence-corrected chi connectivity index (χ0v) is 19.9. The molecular weight excluding hydrogens is 467 g/mol. The predicted octanol–water partition coefficient (Wildman–Crippen LogP) is 5.25. The molecule has 0 spiro atoms. The highest BCUT2D eigenvalue weighted by molar-refractivity contribution is 7.20. The summed E-state index contributed by atoms with van der Waals surface area (Å²) >= 11 is 1.20. The van der Waals surface area contributed by atoms with Crippen molar-refractivity contribution in [3.8, 4) is 17.7 Å². The van der Waals surface area contributed by atoms with Gasteiger partial charge in [0.1, 0.15) is 22.7 Å². The highest BCUT2D eigenvalue weighted by Crippen LogP contribution is 2.36. The summed E-state index contributed by atoms with van der Waals surface area (Å²) in [5.41, 5.74) is 0.849. The number of aryl methyl sites for hydroxylation is 1. The molecule has 34 heavy (non-hydrogen) atoms. The Morgan fingerprint density at radius 2 is 1.97 bits per heavy atom. The minimum atomic E-state index is -4.54. The number of ether oxygens (including phenoxy) is 1. The maximum Gasteiger partial charge on any atom is 0.425 e. The first-order valence-electron chi connectivity index (χ1n) is 10.5. The lowest BCUT2D eigenvalue weighted by Crippen LogP contribution is -2.31. The molecule has 1 atom stereocenters. The highest BCUT2D eigenvalue weighted by atomic mass is 32.1. The van der Waals surface area contributed by atoms with Crippen molar-refractivity contribution < 1.29 is 22.7 Å². The molecule has 0 aliphatic heterocycles. The van der Waals surface area contributed by atoms with Crippen LogP contribution in [0.25, 0.3) is 10.2 Å². The SMILES string of the molecule is Cc1c(C(=O)NCC#CCC(C)C)sc2ncnc(Nc3cccnc3OC(C)C(F)(F)F)c12. The van der Waals surface area contributed by atoms with E-state index in [1.807, 2.05) is 0 Å². The maximum absolute atomic E-state index is 13.0. The van der Waals surface area contributed by atoms with E-state index in [0.29, 0.717) is 32.4 Å². The van der Waals surface area contributed by atoms with Gasteiger partial charge < -0.3 is 15.4 Å². The number of thiophene rings is 1. The molecule has 3 heterocycles. The van der Waals surface area contributed by atoms with Crippen LogP contribution in [0.15, 0.2) is 24.7 Å². The second-order valence-electron chi connectivity index (χ2n) is 7.88. The van der Waals surface area contributed by atoms with Gasteiger partial charge in [-0.25, -0.2) is 15.0 Å². The summed E-state index contributed by atoms with van der Waals surface area (Å²) in [4.78, 5) is 26.1. The van der Waals surface area contributed by atoms with Gasteiger partial charge in [0, 0.05) is 12.6 Å². The normalized spacial score (nSPS) is 12.2. The van der Waals surface area contributed by atoms with E-state index in [1.54, 1.807) is 13.0 Å². The van der Waals surface area contributed by atoms with E-state index in [-0.39, 0.29) is 24.0 Å². The van der Waals surface area contributed by atoms with E-state index in [2.05, 4.69) is 51.3 Å². The summed E-state index contributed by atoms with van der Waals surface area (Å²) in [6.07, 6.45) is -3.18. The van der Waals surface area contributed by atoms with Gasteiger partial charge in [-0.05, 0) is 37.5 Å². The lowest BCUT2D eigenvalue weighted by atomic mass is 10.1. The number of hydrogen-bond acceptors (Lipinski definition) is 7. The Hall–Kier alpha value is -3.39. The zero-order chi connectivity index (χ0) is 24.9. The second-order valence-corrected chi connectivity index (χ2v) is 8.87. The van der Waals surface area contributed by atoms with Gasteiger partial charge in [0.15, 0.2) is 6.10 Å². The summed E-state index contributed by atoms with van der Waals surface area (Å²) in [5, 5.41) is 6.35. The van der Waals surface area contributed by atoms with Crippen LogP contribution in [0.3, 0.4) is 0 Å². The summed E-state index contributed by atoms with van der Waals surface area (Å²) in [5.74, 6) is 6.23. The number of rotatable bonds is 7. The highest BCUT2D eigenvalue weighted by Gasteiger charge is 2.38. The largest absolute Gasteiger partial charge is 0.464 e. The van der Waals surface area contributed by atoms with Crippen molar-refractivity contribution >= 4 is 39.0 Å². The number of anilines is 2. The van der Waals surface area contributed by atoms with Crippen LogP contribution in [0.4, 0.5) is 24.7 Å². The van der Waals surface area contributed by atoms with Gasteiger partial charge in [-0.15, -0.1) is 17.3 Å². The second kappa shape index (κ2) is 10.7. The summed E-state index contributed by atoms with van der Waals surface area (Å²) in [6.45, 7) is 7.03. The number of nitrogens with one attached hydrogen (secondary N) is 2. The minimum Gasteiger partial charge on any atom is -0.464 e. The van der Waals surface area contributed by atoms with Gasteiger partial charge in [-0.2, -0.15) is 13.2 Å². The quantitative estimate of drug-likeness (QED) is 0.439. The average molecular weight is 492 g/mol. The molecule has 0 saturated heterocycles. The van der Waals surface area contributed by atoms with E-state index in [9.17, 15) is 18.0 Å². The molecule has 0 fully saturated rings. The monoisotopic (exact) mass is 491 g/mol. The molecule has 1 amide bonds. The molecule has 3 rings (SSSR count). The van der Waals surface area contributed by atoms with Gasteiger partial charge in [-0.1, -0.05) is 19.8 Å². The zero-order valence-electron chi connectivity index (χ0n) is 19.1. The van der Waals surface area contributed by atoms with Crippen LogP contribution in [-0.4, -0.2) is 39.7 Å². The Balaban J connectivity index is 1.85. The Morgan fingerprint density at radius 1 is 1.21 bits per heavy atom. The van der Waals surface area contributed by atoms with E-state index < -0.39 is 12.3 Å². The van der Waals surface area contributed by atoms with E-state index in [4.69, 9.17) is 4.74 Å². The van der Waals surface area contributed by atoms with Gasteiger partial charge in [0.05, 0.1) is 16.8 Å². The van der Waals surface area contributed by atoms with Crippen molar-refractivity contribution in [2.45, 2.75) is 46.4 Å². The van der Waals surface area contributed by atoms with Crippen molar-refractivity contribution in [3.63, 3.8) is 0 Å². The number of carbonyl (C=O) groups is 1. The van der Waals surface area contributed by atoms with Crippen molar-refractivity contribution in [1.82, 2.24) is 20.3 Å².